The minimum Gasteiger partial charge on any atom is -0.282 e. The van der Waals surface area contributed by atoms with E-state index in [4.69, 9.17) is 12.2 Å². The maximum absolute atomic E-state index is 13.2. The van der Waals surface area contributed by atoms with E-state index in [-0.39, 0.29) is 13.1 Å². The number of aryl methyl sites for hydroxylation is 1. The van der Waals surface area contributed by atoms with Crippen LogP contribution < -0.4 is 0 Å². The highest BCUT2D eigenvalue weighted by atomic mass is 32.2. The first kappa shape index (κ1) is 20.4. The van der Waals surface area contributed by atoms with Crippen molar-refractivity contribution in [1.82, 2.24) is 19.0 Å². The normalized spacial score (nSPS) is 17.3. The molecule has 2 aromatic rings. The first-order chi connectivity index (χ1) is 12.6. The van der Waals surface area contributed by atoms with Crippen LogP contribution in [0.5, 0.6) is 0 Å². The average molecular weight is 439 g/mol. The highest BCUT2D eigenvalue weighted by Crippen LogP contribution is 2.35. The molecule has 0 saturated carbocycles. The molecular weight excluding hydrogens is 421 g/mol. The molecule has 0 unspecified atom stereocenters. The van der Waals surface area contributed by atoms with Crippen molar-refractivity contribution in [2.75, 3.05) is 26.2 Å². The van der Waals surface area contributed by atoms with Crippen molar-refractivity contribution in [3.63, 3.8) is 0 Å². The van der Waals surface area contributed by atoms with E-state index in [1.807, 2.05) is 11.8 Å². The van der Waals surface area contributed by atoms with Crippen LogP contribution in [0.2, 0.25) is 0 Å². The van der Waals surface area contributed by atoms with Crippen LogP contribution in [0.4, 0.5) is 13.2 Å². The number of nitrogens with zero attached hydrogens (tertiary/aromatic N) is 4. The van der Waals surface area contributed by atoms with Crippen molar-refractivity contribution in [1.29, 1.82) is 0 Å². The van der Waals surface area contributed by atoms with Crippen LogP contribution >= 0.6 is 23.6 Å². The molecule has 1 aromatic heterocycles. The zero-order valence-corrected chi connectivity index (χ0v) is 16.8. The summed E-state index contributed by atoms with van der Waals surface area (Å²) in [6.07, 6.45) is -4.73. The van der Waals surface area contributed by atoms with E-state index in [9.17, 15) is 21.6 Å². The van der Waals surface area contributed by atoms with Crippen molar-refractivity contribution >= 4 is 33.6 Å². The van der Waals surface area contributed by atoms with Crippen LogP contribution in [0.1, 0.15) is 10.6 Å². The Kier molecular flexibility index (Phi) is 5.73. The summed E-state index contributed by atoms with van der Waals surface area (Å²) in [6, 6.07) is 4.27. The third-order valence-electron chi connectivity index (χ3n) is 4.18. The lowest BCUT2D eigenvalue weighted by Crippen LogP contribution is -2.49. The number of piperazine rings is 1. The number of rotatable bonds is 4. The van der Waals surface area contributed by atoms with Gasteiger partial charge in [0, 0.05) is 26.2 Å². The van der Waals surface area contributed by atoms with Crippen molar-refractivity contribution in [2.45, 2.75) is 24.7 Å². The Morgan fingerprint density at radius 1 is 1.19 bits per heavy atom. The lowest BCUT2D eigenvalue weighted by Gasteiger charge is -2.34. The Balaban J connectivity index is 1.74. The predicted octanol–water partition coefficient (Wildman–Crippen LogP) is 2.97. The molecule has 0 spiro atoms. The number of benzene rings is 1. The number of sulfonamides is 1. The van der Waals surface area contributed by atoms with Gasteiger partial charge in [-0.25, -0.2) is 13.1 Å². The summed E-state index contributed by atoms with van der Waals surface area (Å²) >= 11 is 6.61. The fourth-order valence-electron chi connectivity index (χ4n) is 2.87. The summed E-state index contributed by atoms with van der Waals surface area (Å²) < 4.78 is 68.4. The molecular formula is C15H17F3N4O2S3. The van der Waals surface area contributed by atoms with E-state index in [1.165, 1.54) is 23.5 Å². The van der Waals surface area contributed by atoms with Crippen molar-refractivity contribution < 1.29 is 21.6 Å². The number of hydrogen-bond acceptors (Lipinski definition) is 6. The number of aromatic nitrogens is 2. The predicted molar refractivity (Wildman–Crippen MR) is 97.5 cm³/mol. The lowest BCUT2D eigenvalue weighted by atomic mass is 10.2. The molecule has 1 aliphatic rings. The van der Waals surface area contributed by atoms with E-state index in [0.29, 0.717) is 23.7 Å². The number of hydrogen-bond donors (Lipinski definition) is 0. The third kappa shape index (κ3) is 4.40. The molecule has 0 aliphatic carbocycles. The average Bonchev–Trinajstić information content (AvgIpc) is 2.92. The van der Waals surface area contributed by atoms with Gasteiger partial charge in [0.15, 0.2) is 3.95 Å². The Labute approximate surface area is 163 Å². The van der Waals surface area contributed by atoms with Gasteiger partial charge in [-0.1, -0.05) is 23.5 Å². The van der Waals surface area contributed by atoms with Gasteiger partial charge >= 0.3 is 6.18 Å². The Morgan fingerprint density at radius 2 is 1.81 bits per heavy atom. The van der Waals surface area contributed by atoms with Gasteiger partial charge in [0.2, 0.25) is 10.0 Å². The Bertz CT molecular complexity index is 977. The molecule has 1 fully saturated rings. The third-order valence-corrected chi connectivity index (χ3v) is 7.36. The van der Waals surface area contributed by atoms with Gasteiger partial charge in [0.25, 0.3) is 0 Å². The lowest BCUT2D eigenvalue weighted by molar-refractivity contribution is -0.139. The van der Waals surface area contributed by atoms with Crippen LogP contribution in [0.15, 0.2) is 29.2 Å². The summed E-state index contributed by atoms with van der Waals surface area (Å²) in [5.74, 6) is 0. The van der Waals surface area contributed by atoms with Gasteiger partial charge in [-0.2, -0.15) is 22.6 Å². The minimum absolute atomic E-state index is 0.102. The maximum Gasteiger partial charge on any atom is 0.417 e. The van der Waals surface area contributed by atoms with Crippen molar-refractivity contribution in [2.24, 2.45) is 0 Å². The molecule has 148 valence electrons. The molecule has 3 rings (SSSR count). The highest BCUT2D eigenvalue weighted by molar-refractivity contribution is 7.89. The summed E-state index contributed by atoms with van der Waals surface area (Å²) in [5.41, 5.74) is -1.14. The van der Waals surface area contributed by atoms with Gasteiger partial charge in [0.1, 0.15) is 5.01 Å². The molecule has 1 aromatic carbocycles. The van der Waals surface area contributed by atoms with Gasteiger partial charge in [-0.3, -0.25) is 4.90 Å². The second-order valence-corrected chi connectivity index (χ2v) is 9.78. The van der Waals surface area contributed by atoms with E-state index < -0.39 is 26.7 Å². The zero-order chi connectivity index (χ0) is 19.8. The molecule has 0 amide bonds. The maximum atomic E-state index is 13.2. The van der Waals surface area contributed by atoms with Crippen molar-refractivity contribution in [3.8, 4) is 0 Å². The van der Waals surface area contributed by atoms with Gasteiger partial charge < -0.3 is 0 Å². The summed E-state index contributed by atoms with van der Waals surface area (Å²) in [6.45, 7) is 3.24. The molecule has 1 aliphatic heterocycles. The summed E-state index contributed by atoms with van der Waals surface area (Å²) in [5, 5.41) is 5.13. The minimum atomic E-state index is -4.73. The largest absolute Gasteiger partial charge is 0.417 e. The molecule has 0 bridgehead atoms. The first-order valence-electron chi connectivity index (χ1n) is 8.02. The first-order valence-corrected chi connectivity index (χ1v) is 10.7. The van der Waals surface area contributed by atoms with E-state index >= 15 is 0 Å². The monoisotopic (exact) mass is 438 g/mol. The Hall–Kier alpha value is -1.34. The SMILES string of the molecule is Cc1nn(CN2CCN(S(=O)(=O)c3ccccc3C(F)(F)F)CC2)c(=S)s1. The van der Waals surface area contributed by atoms with Crippen LogP contribution in [0.25, 0.3) is 0 Å². The van der Waals surface area contributed by atoms with Gasteiger partial charge in [0.05, 0.1) is 17.1 Å². The highest BCUT2D eigenvalue weighted by Gasteiger charge is 2.39. The summed E-state index contributed by atoms with van der Waals surface area (Å²) in [7, 11) is -4.23. The summed E-state index contributed by atoms with van der Waals surface area (Å²) in [4.78, 5) is 1.26. The standard InChI is InChI=1S/C15H17F3N4O2S3/c1-11-19-22(14(25)26-11)10-20-6-8-21(9-7-20)27(23,24)13-5-3-2-4-12(13)15(16,17)18/h2-5H,6-10H2,1H3. The zero-order valence-electron chi connectivity index (χ0n) is 14.3. The fourth-order valence-corrected chi connectivity index (χ4v) is 5.56. The van der Waals surface area contributed by atoms with Crippen LogP contribution in [-0.2, 0) is 22.9 Å². The van der Waals surface area contributed by atoms with E-state index in [0.717, 1.165) is 21.4 Å². The second kappa shape index (κ2) is 7.59. The number of halogens is 3. The quantitative estimate of drug-likeness (QED) is 0.687. The number of alkyl halides is 3. The molecule has 0 N–H and O–H groups in total. The molecule has 2 heterocycles. The van der Waals surface area contributed by atoms with Gasteiger partial charge in [-0.05, 0) is 31.3 Å². The molecule has 0 radical (unpaired) electrons. The van der Waals surface area contributed by atoms with Crippen molar-refractivity contribution in [3.05, 3.63) is 38.8 Å². The fraction of sp³-hybridized carbons (Fsp3) is 0.467. The molecule has 27 heavy (non-hydrogen) atoms. The smallest absolute Gasteiger partial charge is 0.282 e. The van der Waals surface area contributed by atoms with E-state index in [2.05, 4.69) is 5.10 Å². The molecule has 1 saturated heterocycles. The van der Waals surface area contributed by atoms with Gasteiger partial charge in [-0.15, -0.1) is 0 Å². The molecule has 6 nitrogen and oxygen atoms in total. The van der Waals surface area contributed by atoms with Crippen LogP contribution in [-0.4, -0.2) is 53.6 Å². The Morgan fingerprint density at radius 3 is 2.37 bits per heavy atom. The molecule has 12 heteroatoms. The topological polar surface area (TPSA) is 58.4 Å². The van der Waals surface area contributed by atoms with E-state index in [1.54, 1.807) is 4.68 Å². The van der Waals surface area contributed by atoms with Crippen LogP contribution in [0, 0.1) is 10.9 Å². The molecule has 0 atom stereocenters. The van der Waals surface area contributed by atoms with Crippen LogP contribution in [0.3, 0.4) is 0 Å². The second-order valence-electron chi connectivity index (χ2n) is 6.04.